The number of benzene rings is 1. The molecule has 2 rings (SSSR count). The third kappa shape index (κ3) is 8.05. The van der Waals surface area contributed by atoms with E-state index in [4.69, 9.17) is 9.15 Å². The number of nitrogens with one attached hydrogen (secondary N) is 2. The van der Waals surface area contributed by atoms with Gasteiger partial charge in [0.1, 0.15) is 11.6 Å². The van der Waals surface area contributed by atoms with Crippen molar-refractivity contribution < 1.29 is 26.7 Å². The molecule has 0 saturated carbocycles. The van der Waals surface area contributed by atoms with Crippen molar-refractivity contribution >= 4 is 29.9 Å². The van der Waals surface area contributed by atoms with Crippen LogP contribution in [0.4, 0.5) is 17.6 Å². The topological polar surface area (TPSA) is 58.8 Å². The third-order valence-electron chi connectivity index (χ3n) is 3.63. The highest BCUT2D eigenvalue weighted by Crippen LogP contribution is 2.32. The van der Waals surface area contributed by atoms with Crippen LogP contribution in [0.25, 0.3) is 0 Å². The van der Waals surface area contributed by atoms with Gasteiger partial charge in [0.05, 0.1) is 25.0 Å². The lowest BCUT2D eigenvalue weighted by molar-refractivity contribution is -0.138. The molecule has 0 aliphatic carbocycles. The summed E-state index contributed by atoms with van der Waals surface area (Å²) < 4.78 is 62.6. The summed E-state index contributed by atoms with van der Waals surface area (Å²) in [7, 11) is 1.54. The Morgan fingerprint density at radius 2 is 1.93 bits per heavy atom. The van der Waals surface area contributed by atoms with Gasteiger partial charge in [-0.3, -0.25) is 0 Å². The van der Waals surface area contributed by atoms with Gasteiger partial charge >= 0.3 is 6.18 Å². The smallest absolute Gasteiger partial charge is 0.416 e. The summed E-state index contributed by atoms with van der Waals surface area (Å²) in [6.07, 6.45) is -2.50. The van der Waals surface area contributed by atoms with Crippen LogP contribution in [0.5, 0.6) is 0 Å². The van der Waals surface area contributed by atoms with Crippen molar-refractivity contribution in [3.05, 3.63) is 59.3 Å². The summed E-state index contributed by atoms with van der Waals surface area (Å²) >= 11 is 0. The number of halogens is 5. The zero-order chi connectivity index (χ0) is 19.7. The zero-order valence-electron chi connectivity index (χ0n) is 15.2. The van der Waals surface area contributed by atoms with E-state index >= 15 is 0 Å². The van der Waals surface area contributed by atoms with E-state index in [0.717, 1.165) is 17.9 Å². The SMILES string of the molecule is COCCNC(=NCc1ccc(F)cc1C(F)(F)F)NCCc1ccco1.I. The number of furan rings is 1. The number of rotatable bonds is 8. The zero-order valence-corrected chi connectivity index (χ0v) is 17.5. The first kappa shape index (κ1) is 24.2. The number of hydrogen-bond donors (Lipinski definition) is 2. The average molecular weight is 515 g/mol. The van der Waals surface area contributed by atoms with Crippen molar-refractivity contribution in [3.8, 4) is 0 Å². The van der Waals surface area contributed by atoms with Crippen LogP contribution in [0.1, 0.15) is 16.9 Å². The van der Waals surface area contributed by atoms with Crippen LogP contribution in [0, 0.1) is 5.82 Å². The monoisotopic (exact) mass is 515 g/mol. The molecule has 0 saturated heterocycles. The highest BCUT2D eigenvalue weighted by atomic mass is 127. The van der Waals surface area contributed by atoms with Gasteiger partial charge in [-0.2, -0.15) is 13.2 Å². The molecular formula is C18H22F4IN3O2. The first-order valence-corrected chi connectivity index (χ1v) is 8.29. The summed E-state index contributed by atoms with van der Waals surface area (Å²) in [5.74, 6) is 0.165. The molecule has 2 N–H and O–H groups in total. The van der Waals surface area contributed by atoms with Crippen LogP contribution in [0.3, 0.4) is 0 Å². The van der Waals surface area contributed by atoms with Gasteiger partial charge in [0, 0.05) is 26.6 Å². The second-order valence-electron chi connectivity index (χ2n) is 5.64. The predicted molar refractivity (Wildman–Crippen MR) is 108 cm³/mol. The van der Waals surface area contributed by atoms with Crippen molar-refractivity contribution in [1.29, 1.82) is 0 Å². The minimum Gasteiger partial charge on any atom is -0.469 e. The fourth-order valence-corrected chi connectivity index (χ4v) is 2.32. The van der Waals surface area contributed by atoms with Gasteiger partial charge in [-0.15, -0.1) is 24.0 Å². The summed E-state index contributed by atoms with van der Waals surface area (Å²) in [6, 6.07) is 6.16. The van der Waals surface area contributed by atoms with E-state index in [1.54, 1.807) is 12.3 Å². The molecule has 0 bridgehead atoms. The molecule has 0 spiro atoms. The van der Waals surface area contributed by atoms with Gasteiger partial charge in [-0.25, -0.2) is 9.38 Å². The first-order valence-electron chi connectivity index (χ1n) is 8.29. The molecule has 0 unspecified atom stereocenters. The number of alkyl halides is 3. The van der Waals surface area contributed by atoms with Gasteiger partial charge in [-0.1, -0.05) is 6.07 Å². The Kier molecular flexibility index (Phi) is 10.3. The lowest BCUT2D eigenvalue weighted by atomic mass is 10.1. The van der Waals surface area contributed by atoms with Crippen LogP contribution >= 0.6 is 24.0 Å². The Bertz CT molecular complexity index is 737. The number of ether oxygens (including phenoxy) is 1. The quantitative estimate of drug-likeness (QED) is 0.184. The standard InChI is InChI=1S/C18H21F4N3O2.HI/c1-26-10-8-24-17(23-7-6-15-3-2-9-27-15)25-12-13-4-5-14(19)11-16(13)18(20,21)22;/h2-5,9,11H,6-8,10,12H2,1H3,(H2,23,24,25);1H. The van der Waals surface area contributed by atoms with E-state index < -0.39 is 17.6 Å². The van der Waals surface area contributed by atoms with E-state index in [-0.39, 0.29) is 36.1 Å². The highest BCUT2D eigenvalue weighted by molar-refractivity contribution is 14.0. The van der Waals surface area contributed by atoms with E-state index in [1.165, 1.54) is 7.11 Å². The molecule has 10 heteroatoms. The fourth-order valence-electron chi connectivity index (χ4n) is 2.32. The maximum absolute atomic E-state index is 13.2. The van der Waals surface area contributed by atoms with Crippen molar-refractivity contribution in [2.24, 2.45) is 4.99 Å². The summed E-state index contributed by atoms with van der Waals surface area (Å²) in [5, 5.41) is 5.99. The van der Waals surface area contributed by atoms with Gasteiger partial charge in [0.15, 0.2) is 5.96 Å². The lowest BCUT2D eigenvalue weighted by Gasteiger charge is -2.14. The van der Waals surface area contributed by atoms with Gasteiger partial charge < -0.3 is 19.8 Å². The Hall–Kier alpha value is -1.82. The van der Waals surface area contributed by atoms with Crippen molar-refractivity contribution in [2.75, 3.05) is 26.8 Å². The summed E-state index contributed by atoms with van der Waals surface area (Å²) in [6.45, 7) is 1.06. The van der Waals surface area contributed by atoms with Crippen molar-refractivity contribution in [2.45, 2.75) is 19.1 Å². The maximum Gasteiger partial charge on any atom is 0.416 e. The number of aliphatic imine (C=N–C) groups is 1. The van der Waals surface area contributed by atoms with Crippen LogP contribution in [-0.2, 0) is 23.9 Å². The minimum atomic E-state index is -4.65. The number of hydrogen-bond acceptors (Lipinski definition) is 3. The molecule has 0 atom stereocenters. The van der Waals surface area contributed by atoms with E-state index in [0.29, 0.717) is 38.1 Å². The largest absolute Gasteiger partial charge is 0.469 e. The first-order chi connectivity index (χ1) is 12.9. The van der Waals surface area contributed by atoms with E-state index in [2.05, 4.69) is 15.6 Å². The average Bonchev–Trinajstić information content (AvgIpc) is 3.12. The Morgan fingerprint density at radius 1 is 1.18 bits per heavy atom. The van der Waals surface area contributed by atoms with Crippen molar-refractivity contribution in [3.63, 3.8) is 0 Å². The van der Waals surface area contributed by atoms with Crippen LogP contribution in [0.2, 0.25) is 0 Å². The Morgan fingerprint density at radius 3 is 2.57 bits per heavy atom. The molecule has 156 valence electrons. The molecule has 1 heterocycles. The maximum atomic E-state index is 13.2. The van der Waals surface area contributed by atoms with Crippen molar-refractivity contribution in [1.82, 2.24) is 10.6 Å². The van der Waals surface area contributed by atoms with Crippen LogP contribution < -0.4 is 10.6 Å². The molecule has 2 aromatic rings. The van der Waals surface area contributed by atoms with E-state index in [1.807, 2.05) is 6.07 Å². The van der Waals surface area contributed by atoms with Gasteiger partial charge in [-0.05, 0) is 29.8 Å². The molecule has 0 aliphatic heterocycles. The van der Waals surface area contributed by atoms with E-state index in [9.17, 15) is 17.6 Å². The third-order valence-corrected chi connectivity index (χ3v) is 3.63. The molecular weight excluding hydrogens is 493 g/mol. The molecule has 0 radical (unpaired) electrons. The molecule has 0 aliphatic rings. The molecule has 28 heavy (non-hydrogen) atoms. The molecule has 0 amide bonds. The highest BCUT2D eigenvalue weighted by Gasteiger charge is 2.33. The normalized spacial score (nSPS) is 11.8. The summed E-state index contributed by atoms with van der Waals surface area (Å²) in [4.78, 5) is 4.17. The predicted octanol–water partition coefficient (Wildman–Crippen LogP) is 3.98. The second kappa shape index (κ2) is 11.9. The molecule has 1 aromatic heterocycles. The second-order valence-corrected chi connectivity index (χ2v) is 5.64. The van der Waals surface area contributed by atoms with Crippen LogP contribution in [0.15, 0.2) is 46.0 Å². The molecule has 5 nitrogen and oxygen atoms in total. The number of methoxy groups -OCH3 is 1. The molecule has 0 fully saturated rings. The Balaban J connectivity index is 0.00000392. The molecule has 1 aromatic carbocycles. The minimum absolute atomic E-state index is 0. The number of guanidine groups is 1. The van der Waals surface area contributed by atoms with Gasteiger partial charge in [0.2, 0.25) is 0 Å². The van der Waals surface area contributed by atoms with Crippen LogP contribution in [-0.4, -0.2) is 32.8 Å². The van der Waals surface area contributed by atoms with Gasteiger partial charge in [0.25, 0.3) is 0 Å². The fraction of sp³-hybridized carbons (Fsp3) is 0.389. The summed E-state index contributed by atoms with van der Waals surface area (Å²) in [5.41, 5.74) is -1.14. The number of nitrogens with zero attached hydrogens (tertiary/aromatic N) is 1. The Labute approximate surface area is 177 Å². The lowest BCUT2D eigenvalue weighted by Crippen LogP contribution is -2.40.